The molecule has 1 N–H and O–H groups in total. The topological polar surface area (TPSA) is 149 Å². The van der Waals surface area contributed by atoms with Crippen molar-refractivity contribution in [3.63, 3.8) is 0 Å². The molecule has 0 fully saturated rings. The third kappa shape index (κ3) is 6.73. The van der Waals surface area contributed by atoms with E-state index < -0.39 is 23.5 Å². The molecule has 16 heteroatoms. The summed E-state index contributed by atoms with van der Waals surface area (Å²) in [6.45, 7) is 1.83. The number of nitriles is 1. The molecule has 4 aromatic heterocycles. The van der Waals surface area contributed by atoms with Crippen LogP contribution in [0.4, 0.5) is 18.9 Å². The average Bonchev–Trinajstić information content (AvgIpc) is 3.79. The molecule has 2 bridgehead atoms. The van der Waals surface area contributed by atoms with E-state index in [1.54, 1.807) is 47.4 Å². The summed E-state index contributed by atoms with van der Waals surface area (Å²) in [5, 5.41) is 24.3. The molecule has 5 heterocycles. The summed E-state index contributed by atoms with van der Waals surface area (Å²) < 4.78 is 43.8. The second-order valence-electron chi connectivity index (χ2n) is 12.0. The highest BCUT2D eigenvalue weighted by molar-refractivity contribution is 6.31. The van der Waals surface area contributed by atoms with Crippen LogP contribution in [0.15, 0.2) is 90.4 Å². The molecular formula is C35H26ClF3N10O2. The van der Waals surface area contributed by atoms with E-state index >= 15 is 0 Å². The van der Waals surface area contributed by atoms with Crippen LogP contribution in [0.25, 0.3) is 33.9 Å². The van der Waals surface area contributed by atoms with Crippen molar-refractivity contribution in [1.82, 2.24) is 39.3 Å². The van der Waals surface area contributed by atoms with Gasteiger partial charge in [-0.05, 0) is 61.4 Å². The van der Waals surface area contributed by atoms with Gasteiger partial charge in [0.15, 0.2) is 5.69 Å². The number of carbonyl (C=O) groups excluding carboxylic acids is 1. The van der Waals surface area contributed by atoms with Crippen LogP contribution in [0.3, 0.4) is 0 Å². The first-order valence-corrected chi connectivity index (χ1v) is 16.1. The van der Waals surface area contributed by atoms with Gasteiger partial charge in [0.25, 0.3) is 5.56 Å². The van der Waals surface area contributed by atoms with Crippen LogP contribution in [0, 0.1) is 17.2 Å². The molecule has 1 aliphatic rings. The number of hydrogen-bond donors (Lipinski definition) is 1. The molecule has 2 unspecified atom stereocenters. The number of benzene rings is 2. The fourth-order valence-electron chi connectivity index (χ4n) is 5.96. The average molecular weight is 711 g/mol. The maximum Gasteiger partial charge on any atom is 0.436 e. The van der Waals surface area contributed by atoms with Crippen molar-refractivity contribution in [1.29, 1.82) is 5.26 Å². The summed E-state index contributed by atoms with van der Waals surface area (Å²) >= 11 is 6.27. The lowest BCUT2D eigenvalue weighted by atomic mass is 9.97. The van der Waals surface area contributed by atoms with Gasteiger partial charge in [0.1, 0.15) is 5.69 Å². The highest BCUT2D eigenvalue weighted by atomic mass is 35.5. The van der Waals surface area contributed by atoms with Gasteiger partial charge < -0.3 is 5.32 Å². The third-order valence-electron chi connectivity index (χ3n) is 8.61. The van der Waals surface area contributed by atoms with E-state index in [2.05, 4.69) is 31.7 Å². The van der Waals surface area contributed by atoms with Crippen molar-refractivity contribution in [2.75, 3.05) is 5.32 Å². The molecule has 0 saturated heterocycles. The van der Waals surface area contributed by atoms with E-state index in [4.69, 9.17) is 16.7 Å². The normalized spacial score (nSPS) is 16.4. The number of alkyl halides is 3. The Morgan fingerprint density at radius 1 is 1.00 bits per heavy atom. The van der Waals surface area contributed by atoms with Gasteiger partial charge >= 0.3 is 6.18 Å². The summed E-state index contributed by atoms with van der Waals surface area (Å²) in [6.07, 6.45) is 2.24. The predicted molar refractivity (Wildman–Crippen MR) is 180 cm³/mol. The van der Waals surface area contributed by atoms with Crippen LogP contribution in [-0.4, -0.2) is 45.2 Å². The van der Waals surface area contributed by atoms with Gasteiger partial charge in [-0.3, -0.25) is 19.1 Å². The Bertz CT molecular complexity index is 2390. The minimum Gasteiger partial charge on any atom is -0.323 e. The lowest BCUT2D eigenvalue weighted by molar-refractivity contribution is -0.141. The van der Waals surface area contributed by atoms with Gasteiger partial charge in [0.2, 0.25) is 5.91 Å². The van der Waals surface area contributed by atoms with Crippen molar-refractivity contribution < 1.29 is 18.0 Å². The molecule has 6 aromatic rings. The first-order chi connectivity index (χ1) is 24.5. The van der Waals surface area contributed by atoms with Crippen LogP contribution in [0.1, 0.15) is 49.2 Å². The van der Waals surface area contributed by atoms with Crippen molar-refractivity contribution in [2.24, 2.45) is 5.92 Å². The number of halogens is 4. The number of anilines is 1. The zero-order valence-corrected chi connectivity index (χ0v) is 27.5. The van der Waals surface area contributed by atoms with Crippen LogP contribution in [0.5, 0.6) is 0 Å². The highest BCUT2D eigenvalue weighted by Crippen LogP contribution is 2.34. The molecule has 1 amide bonds. The number of hydrogen-bond acceptors (Lipinski definition) is 8. The molecule has 0 saturated carbocycles. The molecule has 7 rings (SSSR count). The van der Waals surface area contributed by atoms with E-state index in [-0.39, 0.29) is 33.8 Å². The molecule has 0 radical (unpaired) electrons. The lowest BCUT2D eigenvalue weighted by Crippen LogP contribution is -2.27. The van der Waals surface area contributed by atoms with E-state index in [1.165, 1.54) is 35.2 Å². The number of amides is 1. The first kappa shape index (κ1) is 33.4. The Hall–Kier alpha value is -6.14. The van der Waals surface area contributed by atoms with Crippen molar-refractivity contribution in [3.05, 3.63) is 118 Å². The summed E-state index contributed by atoms with van der Waals surface area (Å²) in [5.41, 5.74) is 2.21. The Labute approximate surface area is 292 Å². The van der Waals surface area contributed by atoms with Crippen molar-refractivity contribution in [3.8, 4) is 40.0 Å². The van der Waals surface area contributed by atoms with E-state index in [9.17, 15) is 28.0 Å². The van der Waals surface area contributed by atoms with E-state index in [1.807, 2.05) is 13.0 Å². The zero-order valence-electron chi connectivity index (χ0n) is 26.7. The van der Waals surface area contributed by atoms with Gasteiger partial charge in [-0.15, -0.1) is 5.10 Å². The number of carbonyl (C=O) groups is 1. The van der Waals surface area contributed by atoms with Gasteiger partial charge in [0, 0.05) is 34.3 Å². The smallest absolute Gasteiger partial charge is 0.323 e. The molecule has 0 aliphatic carbocycles. The standard InChI is InChI=1S/C35H26ClF3N10O2/c1-20-4-2-7-30(27-13-22(10-11-41-27)33-28(43-34(20)51)17-48(45-33)24-6-3-5-21(12-24)16-40)47-19-42-26(15-32(47)50)25-14-23(36)8-9-29(25)49-18-31(44-46-49)35(37,38)39/h3,5-6,8-15,17-20,30H,2,4,7H2,1H3,(H,43,51). The molecule has 12 nitrogen and oxygen atoms in total. The summed E-state index contributed by atoms with van der Waals surface area (Å²) in [7, 11) is 0. The highest BCUT2D eigenvalue weighted by Gasteiger charge is 2.35. The van der Waals surface area contributed by atoms with Crippen LogP contribution in [0.2, 0.25) is 5.02 Å². The van der Waals surface area contributed by atoms with E-state index in [0.29, 0.717) is 53.2 Å². The molecule has 0 spiro atoms. The second kappa shape index (κ2) is 13.3. The Balaban J connectivity index is 1.29. The maximum absolute atomic E-state index is 13.9. The van der Waals surface area contributed by atoms with Gasteiger partial charge in [0.05, 0.1) is 64.8 Å². The fourth-order valence-corrected chi connectivity index (χ4v) is 6.13. The fraction of sp³-hybridized carbons (Fsp3) is 0.200. The monoisotopic (exact) mass is 710 g/mol. The van der Waals surface area contributed by atoms with E-state index in [0.717, 1.165) is 10.9 Å². The molecular weight excluding hydrogens is 685 g/mol. The number of pyridine rings is 1. The molecule has 2 atom stereocenters. The van der Waals surface area contributed by atoms with Gasteiger partial charge in [-0.1, -0.05) is 36.2 Å². The quantitative estimate of drug-likeness (QED) is 0.214. The van der Waals surface area contributed by atoms with Crippen LogP contribution in [-0.2, 0) is 11.0 Å². The zero-order chi connectivity index (χ0) is 35.9. The Morgan fingerprint density at radius 3 is 2.61 bits per heavy atom. The molecule has 2 aromatic carbocycles. The van der Waals surface area contributed by atoms with Gasteiger partial charge in [-0.2, -0.15) is 23.5 Å². The van der Waals surface area contributed by atoms with Crippen molar-refractivity contribution in [2.45, 2.75) is 38.4 Å². The maximum atomic E-state index is 13.9. The number of rotatable bonds is 4. The van der Waals surface area contributed by atoms with Crippen LogP contribution < -0.4 is 10.9 Å². The molecule has 51 heavy (non-hydrogen) atoms. The largest absolute Gasteiger partial charge is 0.436 e. The Morgan fingerprint density at radius 2 is 1.84 bits per heavy atom. The molecule has 256 valence electrons. The number of aromatic nitrogens is 8. The summed E-state index contributed by atoms with van der Waals surface area (Å²) in [4.78, 5) is 36.3. The minimum atomic E-state index is -4.70. The SMILES string of the molecule is CC1CCCC(n2cnc(-c3cc(Cl)ccc3-n3cc(C(F)(F)F)nn3)cc2=O)c2cc(ccn2)-c2nn(-c3cccc(C#N)c3)cc2NC1=O. The number of nitrogens with one attached hydrogen (secondary N) is 1. The lowest BCUT2D eigenvalue weighted by Gasteiger charge is -2.22. The first-order valence-electron chi connectivity index (χ1n) is 15.7. The predicted octanol–water partition coefficient (Wildman–Crippen LogP) is 6.63. The third-order valence-corrected chi connectivity index (χ3v) is 8.84. The van der Waals surface area contributed by atoms with Crippen molar-refractivity contribution >= 4 is 23.2 Å². The van der Waals surface area contributed by atoms with Gasteiger partial charge in [-0.25, -0.2) is 14.3 Å². The number of nitrogens with zero attached hydrogens (tertiary/aromatic N) is 9. The Kier molecular flexibility index (Phi) is 8.69. The second-order valence-corrected chi connectivity index (χ2v) is 12.5. The minimum absolute atomic E-state index is 0.161. The number of fused-ring (bicyclic) bond motifs is 4. The molecule has 1 aliphatic heterocycles. The summed E-state index contributed by atoms with van der Waals surface area (Å²) in [6, 6.07) is 17.7. The van der Waals surface area contributed by atoms with Crippen LogP contribution >= 0.6 is 11.6 Å². The summed E-state index contributed by atoms with van der Waals surface area (Å²) in [5.74, 6) is -0.564.